The first-order chi connectivity index (χ1) is 8.75. The van der Waals surface area contributed by atoms with Gasteiger partial charge in [-0.25, -0.2) is 0 Å². The minimum absolute atomic E-state index is 0.0804. The molecule has 0 spiro atoms. The molecule has 0 unspecified atom stereocenters. The van der Waals surface area contributed by atoms with E-state index in [4.69, 9.17) is 0 Å². The lowest BCUT2D eigenvalue weighted by Crippen LogP contribution is -2.23. The Hall–Kier alpha value is -1.61. The summed E-state index contributed by atoms with van der Waals surface area (Å²) in [5, 5.41) is 4.72. The summed E-state index contributed by atoms with van der Waals surface area (Å²) in [6, 6.07) is 8.72. The zero-order valence-corrected chi connectivity index (χ0v) is 10.6. The maximum atomic E-state index is 11.7. The van der Waals surface area contributed by atoms with Crippen LogP contribution in [-0.2, 0) is 6.42 Å². The molecule has 18 heavy (non-hydrogen) atoms. The molecular formula is C15H18N2O. The van der Waals surface area contributed by atoms with Gasteiger partial charge in [-0.2, -0.15) is 0 Å². The SMILES string of the molecule is CC(=O)n1cc(C[C@@H]2CCCN2)c2ccccc21. The van der Waals surface area contributed by atoms with Crippen LogP contribution in [0.25, 0.3) is 10.9 Å². The van der Waals surface area contributed by atoms with E-state index < -0.39 is 0 Å². The second kappa shape index (κ2) is 4.58. The number of aromatic nitrogens is 1. The van der Waals surface area contributed by atoms with Gasteiger partial charge in [-0.3, -0.25) is 9.36 Å². The molecule has 0 saturated carbocycles. The van der Waals surface area contributed by atoms with Crippen molar-refractivity contribution in [1.29, 1.82) is 0 Å². The summed E-state index contributed by atoms with van der Waals surface area (Å²) in [6.45, 7) is 2.74. The second-order valence-corrected chi connectivity index (χ2v) is 5.06. The lowest BCUT2D eigenvalue weighted by Gasteiger charge is -2.08. The molecule has 3 nitrogen and oxygen atoms in total. The van der Waals surface area contributed by atoms with E-state index in [0.717, 1.165) is 18.5 Å². The van der Waals surface area contributed by atoms with Crippen LogP contribution < -0.4 is 5.32 Å². The average molecular weight is 242 g/mol. The predicted octanol–water partition coefficient (Wildman–Crippen LogP) is 2.60. The first kappa shape index (κ1) is 11.5. The number of fused-ring (bicyclic) bond motifs is 1. The van der Waals surface area contributed by atoms with E-state index in [1.165, 1.54) is 23.8 Å². The molecule has 0 radical (unpaired) electrons. The van der Waals surface area contributed by atoms with Gasteiger partial charge in [0, 0.05) is 24.5 Å². The standard InChI is InChI=1S/C15H18N2O/c1-11(18)17-10-12(9-13-5-4-8-16-13)14-6-2-3-7-15(14)17/h2-3,6-7,10,13,16H,4-5,8-9H2,1H3/t13-/m0/s1. The van der Waals surface area contributed by atoms with E-state index in [0.29, 0.717) is 6.04 Å². The van der Waals surface area contributed by atoms with Crippen molar-refractivity contribution < 1.29 is 4.79 Å². The van der Waals surface area contributed by atoms with E-state index in [1.54, 1.807) is 11.5 Å². The van der Waals surface area contributed by atoms with Gasteiger partial charge in [-0.1, -0.05) is 18.2 Å². The van der Waals surface area contributed by atoms with E-state index in [-0.39, 0.29) is 5.91 Å². The van der Waals surface area contributed by atoms with E-state index >= 15 is 0 Å². The largest absolute Gasteiger partial charge is 0.314 e. The number of hydrogen-bond donors (Lipinski definition) is 1. The molecule has 1 aliphatic heterocycles. The molecule has 94 valence electrons. The minimum Gasteiger partial charge on any atom is -0.314 e. The molecule has 0 aliphatic carbocycles. The molecule has 1 aromatic heterocycles. The molecule has 3 heteroatoms. The Bertz CT molecular complexity index is 579. The Morgan fingerprint density at radius 2 is 2.28 bits per heavy atom. The molecule has 0 bridgehead atoms. The molecule has 2 heterocycles. The molecule has 3 rings (SSSR count). The van der Waals surface area contributed by atoms with Crippen LogP contribution >= 0.6 is 0 Å². The van der Waals surface area contributed by atoms with Crippen LogP contribution in [0, 0.1) is 0 Å². The summed E-state index contributed by atoms with van der Waals surface area (Å²) < 4.78 is 1.76. The number of benzene rings is 1. The molecule has 1 N–H and O–H groups in total. The number of para-hydroxylation sites is 1. The summed E-state index contributed by atoms with van der Waals surface area (Å²) >= 11 is 0. The summed E-state index contributed by atoms with van der Waals surface area (Å²) in [4.78, 5) is 11.7. The molecular weight excluding hydrogens is 224 g/mol. The Labute approximate surface area is 107 Å². The van der Waals surface area contributed by atoms with Crippen LogP contribution in [0.1, 0.15) is 30.1 Å². The first-order valence-electron chi connectivity index (χ1n) is 6.59. The number of nitrogens with zero attached hydrogens (tertiary/aromatic N) is 1. The van der Waals surface area contributed by atoms with Crippen LogP contribution in [0.4, 0.5) is 0 Å². The monoisotopic (exact) mass is 242 g/mol. The number of rotatable bonds is 2. The minimum atomic E-state index is 0.0804. The van der Waals surface area contributed by atoms with Gasteiger partial charge < -0.3 is 5.32 Å². The third-order valence-electron chi connectivity index (χ3n) is 3.76. The van der Waals surface area contributed by atoms with Crippen LogP contribution in [0.2, 0.25) is 0 Å². The number of carbonyl (C=O) groups is 1. The summed E-state index contributed by atoms with van der Waals surface area (Å²) in [6.07, 6.45) is 5.52. The zero-order valence-electron chi connectivity index (χ0n) is 10.6. The molecule has 1 saturated heterocycles. The molecule has 2 aromatic rings. The molecule has 1 aliphatic rings. The highest BCUT2D eigenvalue weighted by Gasteiger charge is 2.18. The zero-order chi connectivity index (χ0) is 12.5. The topological polar surface area (TPSA) is 34.0 Å². The quantitative estimate of drug-likeness (QED) is 0.878. The highest BCUT2D eigenvalue weighted by molar-refractivity contribution is 5.93. The van der Waals surface area contributed by atoms with Crippen molar-refractivity contribution in [1.82, 2.24) is 9.88 Å². The van der Waals surface area contributed by atoms with Gasteiger partial charge in [0.1, 0.15) is 0 Å². The Kier molecular flexibility index (Phi) is 2.92. The van der Waals surface area contributed by atoms with Crippen LogP contribution in [-0.4, -0.2) is 23.1 Å². The van der Waals surface area contributed by atoms with E-state index in [1.807, 2.05) is 24.4 Å². The van der Waals surface area contributed by atoms with Crippen molar-refractivity contribution in [2.45, 2.75) is 32.2 Å². The number of hydrogen-bond acceptors (Lipinski definition) is 2. The number of carbonyl (C=O) groups excluding carboxylic acids is 1. The fourth-order valence-electron chi connectivity index (χ4n) is 2.87. The maximum absolute atomic E-state index is 11.7. The normalized spacial score (nSPS) is 19.5. The molecule has 0 amide bonds. The van der Waals surface area contributed by atoms with Crippen molar-refractivity contribution in [3.63, 3.8) is 0 Å². The third kappa shape index (κ3) is 1.95. The molecule has 1 fully saturated rings. The fraction of sp³-hybridized carbons (Fsp3) is 0.400. The molecule has 1 aromatic carbocycles. The third-order valence-corrected chi connectivity index (χ3v) is 3.76. The van der Waals surface area contributed by atoms with Crippen molar-refractivity contribution in [2.24, 2.45) is 0 Å². The van der Waals surface area contributed by atoms with Crippen LogP contribution in [0.3, 0.4) is 0 Å². The van der Waals surface area contributed by atoms with Crippen molar-refractivity contribution in [2.75, 3.05) is 6.54 Å². The van der Waals surface area contributed by atoms with Crippen LogP contribution in [0.15, 0.2) is 30.5 Å². The summed E-state index contributed by atoms with van der Waals surface area (Å²) in [5.41, 5.74) is 2.30. The van der Waals surface area contributed by atoms with E-state index in [9.17, 15) is 4.79 Å². The molecule has 1 atom stereocenters. The number of nitrogens with one attached hydrogen (secondary N) is 1. The van der Waals surface area contributed by atoms with Crippen molar-refractivity contribution >= 4 is 16.8 Å². The Balaban J connectivity index is 2.02. The Morgan fingerprint density at radius 3 is 3.00 bits per heavy atom. The fourth-order valence-corrected chi connectivity index (χ4v) is 2.87. The van der Waals surface area contributed by atoms with E-state index in [2.05, 4.69) is 11.4 Å². The van der Waals surface area contributed by atoms with Crippen molar-refractivity contribution in [3.8, 4) is 0 Å². The van der Waals surface area contributed by atoms with Gasteiger partial charge in [0.05, 0.1) is 5.52 Å². The van der Waals surface area contributed by atoms with Crippen molar-refractivity contribution in [3.05, 3.63) is 36.0 Å². The predicted molar refractivity (Wildman–Crippen MR) is 73.0 cm³/mol. The lowest BCUT2D eigenvalue weighted by atomic mass is 10.0. The van der Waals surface area contributed by atoms with Gasteiger partial charge in [-0.15, -0.1) is 0 Å². The van der Waals surface area contributed by atoms with Gasteiger partial charge in [0.25, 0.3) is 0 Å². The Morgan fingerprint density at radius 1 is 1.44 bits per heavy atom. The summed E-state index contributed by atoms with van der Waals surface area (Å²) in [5.74, 6) is 0.0804. The lowest BCUT2D eigenvalue weighted by molar-refractivity contribution is 0.0941. The average Bonchev–Trinajstić information content (AvgIpc) is 2.98. The highest BCUT2D eigenvalue weighted by Crippen LogP contribution is 2.24. The van der Waals surface area contributed by atoms with Gasteiger partial charge in [0.2, 0.25) is 5.91 Å². The van der Waals surface area contributed by atoms with Gasteiger partial charge in [-0.05, 0) is 37.4 Å². The highest BCUT2D eigenvalue weighted by atomic mass is 16.1. The maximum Gasteiger partial charge on any atom is 0.227 e. The van der Waals surface area contributed by atoms with Crippen LogP contribution in [0.5, 0.6) is 0 Å². The smallest absolute Gasteiger partial charge is 0.227 e. The van der Waals surface area contributed by atoms with Gasteiger partial charge >= 0.3 is 0 Å². The second-order valence-electron chi connectivity index (χ2n) is 5.06. The first-order valence-corrected chi connectivity index (χ1v) is 6.59. The summed E-state index contributed by atoms with van der Waals surface area (Å²) in [7, 11) is 0. The van der Waals surface area contributed by atoms with Gasteiger partial charge in [0.15, 0.2) is 0 Å².